The predicted octanol–water partition coefficient (Wildman–Crippen LogP) is 2.33. The molecule has 0 fully saturated rings. The molecule has 0 unspecified atom stereocenters. The largest absolute Gasteiger partial charge is 0.357 e. The van der Waals surface area contributed by atoms with Gasteiger partial charge in [0, 0.05) is 19.3 Å². The van der Waals surface area contributed by atoms with Crippen LogP contribution in [-0.2, 0) is 13.0 Å². The summed E-state index contributed by atoms with van der Waals surface area (Å²) < 4.78 is 0. The number of halogens is 1. The Morgan fingerprint density at radius 3 is 2.67 bits per heavy atom. The van der Waals surface area contributed by atoms with Crippen molar-refractivity contribution in [1.29, 1.82) is 0 Å². The number of benzene rings is 1. The predicted molar refractivity (Wildman–Crippen MR) is 97.0 cm³/mol. The lowest BCUT2D eigenvalue weighted by Gasteiger charge is -2.11. The normalized spacial score (nSPS) is 10.8. The number of rotatable bonds is 6. The van der Waals surface area contributed by atoms with E-state index in [9.17, 15) is 0 Å². The maximum absolute atomic E-state index is 4.51. The summed E-state index contributed by atoms with van der Waals surface area (Å²) >= 11 is 0. The first-order valence-electron chi connectivity index (χ1n) is 6.93. The van der Waals surface area contributed by atoms with Crippen LogP contribution in [0.3, 0.4) is 0 Å². The number of aromatic amines is 1. The van der Waals surface area contributed by atoms with Gasteiger partial charge in [0.05, 0.1) is 12.2 Å². The maximum Gasteiger partial charge on any atom is 0.191 e. The van der Waals surface area contributed by atoms with E-state index >= 15 is 0 Å². The molecule has 0 aliphatic carbocycles. The molecule has 114 valence electrons. The number of aliphatic imine (C=N–C) groups is 1. The number of hydrogen-bond acceptors (Lipinski definition) is 2. The monoisotopic (exact) mass is 399 g/mol. The number of aromatic nitrogens is 2. The molecule has 5 nitrogen and oxygen atoms in total. The third-order valence-electron chi connectivity index (χ3n) is 2.86. The van der Waals surface area contributed by atoms with Gasteiger partial charge in [-0.15, -0.1) is 24.0 Å². The molecule has 0 bridgehead atoms. The number of guanidine groups is 1. The van der Waals surface area contributed by atoms with E-state index in [-0.39, 0.29) is 24.0 Å². The lowest BCUT2D eigenvalue weighted by Crippen LogP contribution is -2.38. The van der Waals surface area contributed by atoms with Crippen molar-refractivity contribution in [3.05, 3.63) is 53.9 Å². The molecule has 0 aliphatic heterocycles. The molecule has 0 amide bonds. The van der Waals surface area contributed by atoms with Crippen molar-refractivity contribution >= 4 is 29.9 Å². The van der Waals surface area contributed by atoms with Crippen LogP contribution in [0.4, 0.5) is 0 Å². The van der Waals surface area contributed by atoms with Crippen molar-refractivity contribution in [3.8, 4) is 0 Å². The summed E-state index contributed by atoms with van der Waals surface area (Å²) in [6, 6.07) is 12.4. The van der Waals surface area contributed by atoms with E-state index in [1.807, 2.05) is 12.1 Å². The molecule has 0 spiro atoms. The van der Waals surface area contributed by atoms with Crippen LogP contribution in [0.25, 0.3) is 0 Å². The first-order valence-corrected chi connectivity index (χ1v) is 6.93. The molecule has 1 aromatic carbocycles. The van der Waals surface area contributed by atoms with Gasteiger partial charge in [-0.2, -0.15) is 5.10 Å². The standard InChI is InChI=1S/C15H21N5.HI/c1-2-16-15(18-12-14-9-11-19-20-14)17-10-8-13-6-4-3-5-7-13;/h3-7,9,11H,2,8,10,12H2,1H3,(H,19,20)(H2,16,17,18);1H. The Bertz CT molecular complexity index is 510. The van der Waals surface area contributed by atoms with E-state index in [2.05, 4.69) is 57.0 Å². The van der Waals surface area contributed by atoms with Gasteiger partial charge in [-0.05, 0) is 25.0 Å². The summed E-state index contributed by atoms with van der Waals surface area (Å²) in [5, 5.41) is 13.4. The van der Waals surface area contributed by atoms with Crippen LogP contribution in [0.1, 0.15) is 18.2 Å². The summed E-state index contributed by atoms with van der Waals surface area (Å²) in [4.78, 5) is 4.51. The van der Waals surface area contributed by atoms with Crippen LogP contribution in [0.15, 0.2) is 47.6 Å². The van der Waals surface area contributed by atoms with E-state index in [4.69, 9.17) is 0 Å². The summed E-state index contributed by atoms with van der Waals surface area (Å²) in [5.74, 6) is 0.832. The minimum atomic E-state index is 0. The molecule has 0 atom stereocenters. The van der Waals surface area contributed by atoms with E-state index in [0.29, 0.717) is 6.54 Å². The van der Waals surface area contributed by atoms with Crippen LogP contribution >= 0.6 is 24.0 Å². The Labute approximate surface area is 142 Å². The average Bonchev–Trinajstić information content (AvgIpc) is 2.99. The Morgan fingerprint density at radius 2 is 2.00 bits per heavy atom. The number of H-pyrrole nitrogens is 1. The van der Waals surface area contributed by atoms with Gasteiger partial charge in [0.15, 0.2) is 5.96 Å². The highest BCUT2D eigenvalue weighted by atomic mass is 127. The minimum absolute atomic E-state index is 0. The number of nitrogens with one attached hydrogen (secondary N) is 3. The fourth-order valence-corrected chi connectivity index (χ4v) is 1.85. The van der Waals surface area contributed by atoms with E-state index < -0.39 is 0 Å². The zero-order valence-corrected chi connectivity index (χ0v) is 14.5. The quantitative estimate of drug-likeness (QED) is 0.397. The first kappa shape index (κ1) is 17.5. The van der Waals surface area contributed by atoms with Crippen molar-refractivity contribution in [2.45, 2.75) is 19.9 Å². The lowest BCUT2D eigenvalue weighted by molar-refractivity contribution is 0.795. The molecule has 6 heteroatoms. The van der Waals surface area contributed by atoms with Crippen LogP contribution in [0.2, 0.25) is 0 Å². The highest BCUT2D eigenvalue weighted by molar-refractivity contribution is 14.0. The second-order valence-corrected chi connectivity index (χ2v) is 4.44. The molecule has 0 saturated carbocycles. The van der Waals surface area contributed by atoms with Gasteiger partial charge < -0.3 is 10.6 Å². The molecular weight excluding hydrogens is 377 g/mol. The highest BCUT2D eigenvalue weighted by Crippen LogP contribution is 1.98. The lowest BCUT2D eigenvalue weighted by atomic mass is 10.1. The van der Waals surface area contributed by atoms with E-state index in [0.717, 1.165) is 31.2 Å². The SMILES string of the molecule is CCNC(=NCc1ccn[nH]1)NCCc1ccccc1.I. The smallest absolute Gasteiger partial charge is 0.191 e. The molecule has 0 saturated heterocycles. The van der Waals surface area contributed by atoms with E-state index in [1.165, 1.54) is 5.56 Å². The third kappa shape index (κ3) is 6.61. The zero-order valence-electron chi connectivity index (χ0n) is 12.2. The Hall–Kier alpha value is -1.57. The summed E-state index contributed by atoms with van der Waals surface area (Å²) in [7, 11) is 0. The van der Waals surface area contributed by atoms with Crippen molar-refractivity contribution in [3.63, 3.8) is 0 Å². The van der Waals surface area contributed by atoms with Gasteiger partial charge in [-0.25, -0.2) is 4.99 Å². The second-order valence-electron chi connectivity index (χ2n) is 4.44. The highest BCUT2D eigenvalue weighted by Gasteiger charge is 1.98. The Morgan fingerprint density at radius 1 is 1.19 bits per heavy atom. The van der Waals surface area contributed by atoms with Gasteiger partial charge in [0.1, 0.15) is 0 Å². The van der Waals surface area contributed by atoms with Crippen molar-refractivity contribution in [2.24, 2.45) is 4.99 Å². The first-order chi connectivity index (χ1) is 9.88. The fourth-order valence-electron chi connectivity index (χ4n) is 1.85. The van der Waals surface area contributed by atoms with Crippen LogP contribution in [0, 0.1) is 0 Å². The fraction of sp³-hybridized carbons (Fsp3) is 0.333. The molecule has 2 rings (SSSR count). The van der Waals surface area contributed by atoms with Gasteiger partial charge in [-0.1, -0.05) is 30.3 Å². The number of nitrogens with zero attached hydrogens (tertiary/aromatic N) is 2. The van der Waals surface area contributed by atoms with Gasteiger partial charge in [-0.3, -0.25) is 5.10 Å². The van der Waals surface area contributed by atoms with Crippen molar-refractivity contribution in [2.75, 3.05) is 13.1 Å². The number of hydrogen-bond donors (Lipinski definition) is 3. The van der Waals surface area contributed by atoms with Crippen LogP contribution < -0.4 is 10.6 Å². The molecule has 0 aliphatic rings. The topological polar surface area (TPSA) is 65.1 Å². The minimum Gasteiger partial charge on any atom is -0.357 e. The van der Waals surface area contributed by atoms with Gasteiger partial charge in [0.25, 0.3) is 0 Å². The molecule has 1 heterocycles. The summed E-state index contributed by atoms with van der Waals surface area (Å²) in [5.41, 5.74) is 2.33. The molecule has 3 N–H and O–H groups in total. The van der Waals surface area contributed by atoms with Crippen LogP contribution in [0.5, 0.6) is 0 Å². The molecule has 0 radical (unpaired) electrons. The summed E-state index contributed by atoms with van der Waals surface area (Å²) in [6.45, 7) is 4.37. The summed E-state index contributed by atoms with van der Waals surface area (Å²) in [6.07, 6.45) is 2.72. The zero-order chi connectivity index (χ0) is 14.0. The Balaban J connectivity index is 0.00000220. The molecular formula is C15H22IN5. The van der Waals surface area contributed by atoms with Gasteiger partial charge in [0.2, 0.25) is 0 Å². The maximum atomic E-state index is 4.51. The van der Waals surface area contributed by atoms with Crippen molar-refractivity contribution in [1.82, 2.24) is 20.8 Å². The Kier molecular flexibility index (Phi) is 8.49. The third-order valence-corrected chi connectivity index (χ3v) is 2.86. The van der Waals surface area contributed by atoms with Crippen molar-refractivity contribution < 1.29 is 0 Å². The van der Waals surface area contributed by atoms with Gasteiger partial charge >= 0.3 is 0 Å². The second kappa shape index (κ2) is 10.2. The molecule has 21 heavy (non-hydrogen) atoms. The van der Waals surface area contributed by atoms with E-state index in [1.54, 1.807) is 6.20 Å². The average molecular weight is 399 g/mol. The van der Waals surface area contributed by atoms with Crippen LogP contribution in [-0.4, -0.2) is 29.2 Å². The molecule has 2 aromatic rings. The molecule has 1 aromatic heterocycles.